The van der Waals surface area contributed by atoms with E-state index in [1.165, 1.54) is 12.3 Å². The van der Waals surface area contributed by atoms with Crippen molar-refractivity contribution < 1.29 is 9.72 Å². The highest BCUT2D eigenvalue weighted by Crippen LogP contribution is 2.39. The van der Waals surface area contributed by atoms with Crippen LogP contribution in [0.4, 0.5) is 5.69 Å². The Kier molecular flexibility index (Phi) is 3.08. The Morgan fingerprint density at radius 3 is 2.58 bits per heavy atom. The molecule has 7 heteroatoms. The van der Waals surface area contributed by atoms with E-state index in [2.05, 4.69) is 20.9 Å². The van der Waals surface area contributed by atoms with Gasteiger partial charge in [-0.05, 0) is 25.7 Å². The van der Waals surface area contributed by atoms with Crippen LogP contribution in [0, 0.1) is 10.1 Å². The van der Waals surface area contributed by atoms with Crippen LogP contribution in [0.15, 0.2) is 12.3 Å². The number of halogens is 1. The first-order chi connectivity index (χ1) is 9.06. The van der Waals surface area contributed by atoms with Gasteiger partial charge in [-0.1, -0.05) is 15.9 Å². The van der Waals surface area contributed by atoms with Crippen molar-refractivity contribution in [2.45, 2.75) is 42.6 Å². The Bertz CT molecular complexity index is 516. The second kappa shape index (κ2) is 4.63. The molecule has 0 aromatic carbocycles. The standard InChI is InChI=1S/C12H14BrN3O3/c13-7-3-8-1-2-9(4-7)15(8)12(17)11-5-10(6-14-11)16(18)19/h5-9,14H,1-4H2. The minimum Gasteiger partial charge on any atom is -0.351 e. The van der Waals surface area contributed by atoms with E-state index in [0.717, 1.165) is 25.7 Å². The van der Waals surface area contributed by atoms with Gasteiger partial charge in [0, 0.05) is 23.0 Å². The average molecular weight is 328 g/mol. The first kappa shape index (κ1) is 12.7. The lowest BCUT2D eigenvalue weighted by Crippen LogP contribution is -2.46. The normalized spacial score (nSPS) is 29.5. The van der Waals surface area contributed by atoms with E-state index in [1.807, 2.05) is 4.90 Å². The fourth-order valence-corrected chi connectivity index (χ4v) is 4.06. The van der Waals surface area contributed by atoms with Crippen molar-refractivity contribution in [1.29, 1.82) is 0 Å². The summed E-state index contributed by atoms with van der Waals surface area (Å²) in [5.74, 6) is -0.111. The van der Waals surface area contributed by atoms with Gasteiger partial charge in [0.25, 0.3) is 11.6 Å². The molecule has 0 spiro atoms. The molecule has 1 aromatic rings. The monoisotopic (exact) mass is 327 g/mol. The topological polar surface area (TPSA) is 79.2 Å². The average Bonchev–Trinajstić information content (AvgIpc) is 2.93. The van der Waals surface area contributed by atoms with Gasteiger partial charge in [0.1, 0.15) is 5.69 Å². The predicted molar refractivity (Wildman–Crippen MR) is 72.4 cm³/mol. The highest BCUT2D eigenvalue weighted by Gasteiger charge is 2.43. The van der Waals surface area contributed by atoms with Crippen molar-refractivity contribution in [3.05, 3.63) is 28.1 Å². The number of hydrogen-bond donors (Lipinski definition) is 1. The lowest BCUT2D eigenvalue weighted by molar-refractivity contribution is -0.384. The Balaban J connectivity index is 1.82. The van der Waals surface area contributed by atoms with E-state index in [0.29, 0.717) is 10.5 Å². The van der Waals surface area contributed by atoms with Crippen LogP contribution in [-0.4, -0.2) is 37.6 Å². The lowest BCUT2D eigenvalue weighted by atomic mass is 10.0. The van der Waals surface area contributed by atoms with Crippen LogP contribution in [0.25, 0.3) is 0 Å². The lowest BCUT2D eigenvalue weighted by Gasteiger charge is -2.36. The minimum atomic E-state index is -0.493. The maximum Gasteiger partial charge on any atom is 0.287 e. The molecule has 1 amide bonds. The summed E-state index contributed by atoms with van der Waals surface area (Å²) in [5.41, 5.74) is 0.252. The third kappa shape index (κ3) is 2.16. The van der Waals surface area contributed by atoms with Crippen LogP contribution in [0.3, 0.4) is 0 Å². The number of carbonyl (C=O) groups excluding carboxylic acids is 1. The number of carbonyl (C=O) groups is 1. The van der Waals surface area contributed by atoms with Crippen molar-refractivity contribution in [3.8, 4) is 0 Å². The molecule has 3 heterocycles. The molecule has 2 unspecified atom stereocenters. The molecular weight excluding hydrogens is 314 g/mol. The Morgan fingerprint density at radius 1 is 1.42 bits per heavy atom. The second-order valence-electron chi connectivity index (χ2n) is 5.19. The minimum absolute atomic E-state index is 0.0638. The molecule has 0 radical (unpaired) electrons. The zero-order valence-electron chi connectivity index (χ0n) is 10.2. The molecule has 102 valence electrons. The SMILES string of the molecule is O=C(c1cc([N+](=O)[O-])c[nH]1)N1C2CCC1CC(Br)C2. The molecule has 2 aliphatic rings. The van der Waals surface area contributed by atoms with Gasteiger partial charge < -0.3 is 9.88 Å². The number of hydrogen-bond acceptors (Lipinski definition) is 3. The van der Waals surface area contributed by atoms with Gasteiger partial charge in [0.15, 0.2) is 0 Å². The van der Waals surface area contributed by atoms with Gasteiger partial charge in [0.05, 0.1) is 11.1 Å². The number of aromatic nitrogens is 1. The Hall–Kier alpha value is -1.37. The summed E-state index contributed by atoms with van der Waals surface area (Å²) in [6, 6.07) is 1.85. The third-order valence-corrected chi connectivity index (χ3v) is 4.77. The summed E-state index contributed by atoms with van der Waals surface area (Å²) in [4.78, 5) is 27.7. The number of nitrogens with one attached hydrogen (secondary N) is 1. The predicted octanol–water partition coefficient (Wildman–Crippen LogP) is 2.45. The van der Waals surface area contributed by atoms with Gasteiger partial charge in [-0.3, -0.25) is 14.9 Å². The molecule has 19 heavy (non-hydrogen) atoms. The van der Waals surface area contributed by atoms with Crippen LogP contribution in [0.2, 0.25) is 0 Å². The number of H-pyrrole nitrogens is 1. The number of alkyl halides is 1. The molecular formula is C12H14BrN3O3. The van der Waals surface area contributed by atoms with Gasteiger partial charge >= 0.3 is 0 Å². The molecule has 6 nitrogen and oxygen atoms in total. The molecule has 2 fully saturated rings. The quantitative estimate of drug-likeness (QED) is 0.514. The van der Waals surface area contributed by atoms with E-state index in [1.54, 1.807) is 0 Å². The van der Waals surface area contributed by atoms with Crippen molar-refractivity contribution >= 4 is 27.5 Å². The summed E-state index contributed by atoms with van der Waals surface area (Å²) in [5, 5.41) is 10.7. The molecule has 2 atom stereocenters. The maximum atomic E-state index is 12.5. The van der Waals surface area contributed by atoms with Crippen LogP contribution in [0.5, 0.6) is 0 Å². The number of nitro groups is 1. The molecule has 0 aliphatic carbocycles. The first-order valence-corrected chi connectivity index (χ1v) is 7.27. The molecule has 3 rings (SSSR count). The Morgan fingerprint density at radius 2 is 2.05 bits per heavy atom. The van der Waals surface area contributed by atoms with Crippen LogP contribution >= 0.6 is 15.9 Å². The zero-order valence-corrected chi connectivity index (χ0v) is 11.8. The van der Waals surface area contributed by atoms with Gasteiger partial charge in [-0.25, -0.2) is 0 Å². The molecule has 2 saturated heterocycles. The summed E-state index contributed by atoms with van der Waals surface area (Å²) in [7, 11) is 0. The van der Waals surface area contributed by atoms with Crippen molar-refractivity contribution in [2.75, 3.05) is 0 Å². The van der Waals surface area contributed by atoms with Crippen LogP contribution in [-0.2, 0) is 0 Å². The summed E-state index contributed by atoms with van der Waals surface area (Å²) in [6.45, 7) is 0. The second-order valence-corrected chi connectivity index (χ2v) is 6.49. The number of nitrogens with zero attached hydrogens (tertiary/aromatic N) is 2. The first-order valence-electron chi connectivity index (χ1n) is 6.36. The van der Waals surface area contributed by atoms with Crippen molar-refractivity contribution in [3.63, 3.8) is 0 Å². The third-order valence-electron chi connectivity index (χ3n) is 4.02. The fourth-order valence-electron chi connectivity index (χ4n) is 3.19. The van der Waals surface area contributed by atoms with Gasteiger partial charge in [0.2, 0.25) is 0 Å². The van der Waals surface area contributed by atoms with E-state index in [-0.39, 0.29) is 23.7 Å². The maximum absolute atomic E-state index is 12.5. The largest absolute Gasteiger partial charge is 0.351 e. The van der Waals surface area contributed by atoms with E-state index in [4.69, 9.17) is 0 Å². The van der Waals surface area contributed by atoms with Crippen molar-refractivity contribution in [2.24, 2.45) is 0 Å². The van der Waals surface area contributed by atoms with Gasteiger partial charge in [-0.15, -0.1) is 0 Å². The molecule has 0 saturated carbocycles. The van der Waals surface area contributed by atoms with E-state index in [9.17, 15) is 14.9 Å². The van der Waals surface area contributed by atoms with E-state index >= 15 is 0 Å². The molecule has 2 aliphatic heterocycles. The highest BCUT2D eigenvalue weighted by atomic mass is 79.9. The Labute approximate surface area is 118 Å². The number of fused-ring (bicyclic) bond motifs is 2. The molecule has 2 bridgehead atoms. The summed E-state index contributed by atoms with van der Waals surface area (Å²) in [6.07, 6.45) is 5.26. The molecule has 1 aromatic heterocycles. The number of piperidine rings is 1. The fraction of sp³-hybridized carbons (Fsp3) is 0.583. The number of amides is 1. The highest BCUT2D eigenvalue weighted by molar-refractivity contribution is 9.09. The molecule has 1 N–H and O–H groups in total. The van der Waals surface area contributed by atoms with E-state index < -0.39 is 4.92 Å². The zero-order chi connectivity index (χ0) is 13.6. The summed E-state index contributed by atoms with van der Waals surface area (Å²) >= 11 is 3.63. The van der Waals surface area contributed by atoms with Gasteiger partial charge in [-0.2, -0.15) is 0 Å². The summed E-state index contributed by atoms with van der Waals surface area (Å²) < 4.78 is 0. The smallest absolute Gasteiger partial charge is 0.287 e. The number of aromatic amines is 1. The number of rotatable bonds is 2. The van der Waals surface area contributed by atoms with Crippen LogP contribution < -0.4 is 0 Å². The van der Waals surface area contributed by atoms with Crippen molar-refractivity contribution in [1.82, 2.24) is 9.88 Å². The van der Waals surface area contributed by atoms with Crippen LogP contribution in [0.1, 0.15) is 36.2 Å².